The molecule has 29 heavy (non-hydrogen) atoms. The summed E-state index contributed by atoms with van der Waals surface area (Å²) in [4.78, 5) is 35.1. The summed E-state index contributed by atoms with van der Waals surface area (Å²) in [6.07, 6.45) is 3.82. The minimum Gasteiger partial charge on any atom is -0.452 e. The Morgan fingerprint density at radius 2 is 2.03 bits per heavy atom. The van der Waals surface area contributed by atoms with Crippen molar-refractivity contribution < 1.29 is 24.0 Å². The van der Waals surface area contributed by atoms with Crippen LogP contribution in [0.3, 0.4) is 0 Å². The molecule has 0 unspecified atom stereocenters. The van der Waals surface area contributed by atoms with Crippen LogP contribution in [-0.4, -0.2) is 49.2 Å². The van der Waals surface area contributed by atoms with Crippen molar-refractivity contribution in [1.82, 2.24) is 5.32 Å². The number of amides is 1. The molecule has 0 saturated heterocycles. The van der Waals surface area contributed by atoms with Gasteiger partial charge in [0.05, 0.1) is 23.2 Å². The second kappa shape index (κ2) is 10.4. The molecule has 2 rings (SSSR count). The van der Waals surface area contributed by atoms with Crippen LogP contribution < -0.4 is 10.6 Å². The Hall–Kier alpha value is -3.19. The van der Waals surface area contributed by atoms with E-state index in [1.807, 2.05) is 0 Å². The zero-order valence-corrected chi connectivity index (χ0v) is 16.2. The van der Waals surface area contributed by atoms with E-state index in [0.29, 0.717) is 31.7 Å². The first kappa shape index (κ1) is 22.1. The van der Waals surface area contributed by atoms with Crippen molar-refractivity contribution in [3.8, 4) is 6.07 Å². The highest BCUT2D eigenvalue weighted by atomic mass is 16.6. The highest BCUT2D eigenvalue weighted by molar-refractivity contribution is 5.97. The Morgan fingerprint density at radius 1 is 1.31 bits per heavy atom. The lowest BCUT2D eigenvalue weighted by Gasteiger charge is -2.31. The molecule has 1 fully saturated rings. The van der Waals surface area contributed by atoms with Gasteiger partial charge >= 0.3 is 5.97 Å². The Bertz CT molecular complexity index is 798. The first-order valence-corrected chi connectivity index (χ1v) is 9.31. The second-order valence-corrected chi connectivity index (χ2v) is 6.79. The number of nitrogens with one attached hydrogen (secondary N) is 2. The fourth-order valence-corrected chi connectivity index (χ4v) is 3.19. The standard InChI is InChI=1S/C19H24N4O6/c1-28-10-9-21-16-6-5-14(23(26)27)11-15(16)18(25)29-12-17(24)22-19(13-20)7-3-2-4-8-19/h5-6,11,21H,2-4,7-10,12H2,1H3,(H,22,24). The Morgan fingerprint density at radius 3 is 2.66 bits per heavy atom. The van der Waals surface area contributed by atoms with Gasteiger partial charge in [0.15, 0.2) is 6.61 Å². The number of nitro benzene ring substituents is 1. The minimum absolute atomic E-state index is 0.0595. The van der Waals surface area contributed by atoms with Crippen LogP contribution in [0.15, 0.2) is 18.2 Å². The van der Waals surface area contributed by atoms with Crippen molar-refractivity contribution in [3.05, 3.63) is 33.9 Å². The molecular formula is C19H24N4O6. The van der Waals surface area contributed by atoms with Crippen LogP contribution in [0.2, 0.25) is 0 Å². The zero-order chi connectivity index (χ0) is 21.3. The summed E-state index contributed by atoms with van der Waals surface area (Å²) >= 11 is 0. The number of nitrogens with zero attached hydrogens (tertiary/aromatic N) is 2. The van der Waals surface area contributed by atoms with Crippen molar-refractivity contribution in [2.75, 3.05) is 32.2 Å². The van der Waals surface area contributed by atoms with E-state index in [4.69, 9.17) is 9.47 Å². The van der Waals surface area contributed by atoms with Gasteiger partial charge in [-0.2, -0.15) is 5.26 Å². The predicted octanol–water partition coefficient (Wildman–Crippen LogP) is 2.15. The van der Waals surface area contributed by atoms with Crippen LogP contribution >= 0.6 is 0 Å². The maximum atomic E-state index is 12.5. The quantitative estimate of drug-likeness (QED) is 0.276. The lowest BCUT2D eigenvalue weighted by molar-refractivity contribution is -0.384. The molecule has 0 aliphatic heterocycles. The van der Waals surface area contributed by atoms with Crippen molar-refractivity contribution in [3.63, 3.8) is 0 Å². The van der Waals surface area contributed by atoms with Gasteiger partial charge in [0, 0.05) is 31.5 Å². The van der Waals surface area contributed by atoms with Gasteiger partial charge in [0.1, 0.15) is 5.54 Å². The summed E-state index contributed by atoms with van der Waals surface area (Å²) in [5.74, 6) is -1.46. The molecule has 1 aliphatic carbocycles. The van der Waals surface area contributed by atoms with Gasteiger partial charge in [-0.1, -0.05) is 19.3 Å². The molecule has 1 aromatic rings. The highest BCUT2D eigenvalue weighted by Gasteiger charge is 2.33. The molecule has 1 amide bonds. The van der Waals surface area contributed by atoms with Gasteiger partial charge in [-0.15, -0.1) is 0 Å². The topological polar surface area (TPSA) is 144 Å². The van der Waals surface area contributed by atoms with E-state index in [1.165, 1.54) is 19.2 Å². The molecule has 1 saturated carbocycles. The summed E-state index contributed by atoms with van der Waals surface area (Å²) in [5.41, 5.74) is -0.931. The lowest BCUT2D eigenvalue weighted by Crippen LogP contribution is -2.50. The van der Waals surface area contributed by atoms with E-state index in [2.05, 4.69) is 16.7 Å². The van der Waals surface area contributed by atoms with Crippen LogP contribution in [-0.2, 0) is 14.3 Å². The molecule has 1 aromatic carbocycles. The summed E-state index contributed by atoms with van der Waals surface area (Å²) in [7, 11) is 1.52. The minimum atomic E-state index is -0.930. The average molecular weight is 404 g/mol. The Kier molecular flexibility index (Phi) is 7.91. The third-order valence-corrected chi connectivity index (χ3v) is 4.69. The van der Waals surface area contributed by atoms with Crippen molar-refractivity contribution >= 4 is 23.3 Å². The molecule has 10 nitrogen and oxygen atoms in total. The van der Waals surface area contributed by atoms with Gasteiger partial charge in [-0.25, -0.2) is 4.79 Å². The number of benzene rings is 1. The summed E-state index contributed by atoms with van der Waals surface area (Å²) in [6, 6.07) is 5.91. The molecule has 1 aliphatic rings. The van der Waals surface area contributed by atoms with Crippen LogP contribution in [0.1, 0.15) is 42.5 Å². The van der Waals surface area contributed by atoms with E-state index in [0.717, 1.165) is 25.3 Å². The largest absolute Gasteiger partial charge is 0.452 e. The number of esters is 1. The monoisotopic (exact) mass is 404 g/mol. The number of nitriles is 1. The van der Waals surface area contributed by atoms with Crippen LogP contribution in [0, 0.1) is 21.4 Å². The van der Waals surface area contributed by atoms with Crippen LogP contribution in [0.4, 0.5) is 11.4 Å². The van der Waals surface area contributed by atoms with Crippen molar-refractivity contribution in [2.45, 2.75) is 37.6 Å². The molecule has 0 aromatic heterocycles. The van der Waals surface area contributed by atoms with Crippen molar-refractivity contribution in [2.24, 2.45) is 0 Å². The number of hydrogen-bond donors (Lipinski definition) is 2. The van der Waals surface area contributed by atoms with E-state index in [1.54, 1.807) is 0 Å². The average Bonchev–Trinajstić information content (AvgIpc) is 2.73. The number of carbonyl (C=O) groups excluding carboxylic acids is 2. The maximum absolute atomic E-state index is 12.5. The third-order valence-electron chi connectivity index (χ3n) is 4.69. The molecule has 2 N–H and O–H groups in total. The van der Waals surface area contributed by atoms with Gasteiger partial charge in [0.25, 0.3) is 11.6 Å². The SMILES string of the molecule is COCCNc1ccc([N+](=O)[O-])cc1C(=O)OCC(=O)NC1(C#N)CCCCC1. The summed E-state index contributed by atoms with van der Waals surface area (Å²) in [6.45, 7) is 0.159. The number of non-ortho nitro benzene ring substituents is 1. The van der Waals surface area contributed by atoms with E-state index >= 15 is 0 Å². The Balaban J connectivity index is 2.04. The highest BCUT2D eigenvalue weighted by Crippen LogP contribution is 2.27. The van der Waals surface area contributed by atoms with Gasteiger partial charge in [-0.05, 0) is 18.9 Å². The van der Waals surface area contributed by atoms with E-state index < -0.39 is 28.9 Å². The number of rotatable bonds is 9. The number of hydrogen-bond acceptors (Lipinski definition) is 8. The molecule has 0 atom stereocenters. The molecule has 0 radical (unpaired) electrons. The normalized spacial score (nSPS) is 15.0. The summed E-state index contributed by atoms with van der Waals surface area (Å²) in [5, 5.41) is 26.0. The smallest absolute Gasteiger partial charge is 0.341 e. The molecule has 0 spiro atoms. The number of ether oxygens (including phenoxy) is 2. The molecule has 0 heterocycles. The summed E-state index contributed by atoms with van der Waals surface area (Å²) < 4.78 is 9.98. The number of nitro groups is 1. The molecule has 156 valence electrons. The first-order chi connectivity index (χ1) is 13.9. The molecule has 0 bridgehead atoms. The lowest BCUT2D eigenvalue weighted by atomic mass is 9.83. The second-order valence-electron chi connectivity index (χ2n) is 6.79. The van der Waals surface area contributed by atoms with E-state index in [-0.39, 0.29) is 11.3 Å². The van der Waals surface area contributed by atoms with Gasteiger partial charge < -0.3 is 20.1 Å². The van der Waals surface area contributed by atoms with Crippen LogP contribution in [0.25, 0.3) is 0 Å². The number of carbonyl (C=O) groups is 2. The number of anilines is 1. The van der Waals surface area contributed by atoms with E-state index in [9.17, 15) is 25.0 Å². The molecular weight excluding hydrogens is 380 g/mol. The first-order valence-electron chi connectivity index (χ1n) is 9.31. The molecule has 10 heteroatoms. The zero-order valence-electron chi connectivity index (χ0n) is 16.2. The van der Waals surface area contributed by atoms with Gasteiger partial charge in [-0.3, -0.25) is 14.9 Å². The maximum Gasteiger partial charge on any atom is 0.341 e. The van der Waals surface area contributed by atoms with Gasteiger partial charge in [0.2, 0.25) is 0 Å². The Labute approximate surface area is 168 Å². The fraction of sp³-hybridized carbons (Fsp3) is 0.526. The number of methoxy groups -OCH3 is 1. The predicted molar refractivity (Wildman–Crippen MR) is 103 cm³/mol. The van der Waals surface area contributed by atoms with Crippen LogP contribution in [0.5, 0.6) is 0 Å². The van der Waals surface area contributed by atoms with Crippen molar-refractivity contribution in [1.29, 1.82) is 5.26 Å². The third kappa shape index (κ3) is 6.15. The fourth-order valence-electron chi connectivity index (χ4n) is 3.19.